The van der Waals surface area contributed by atoms with Crippen LogP contribution in [0.25, 0.3) is 0 Å². The van der Waals surface area contributed by atoms with E-state index in [9.17, 15) is 15.0 Å². The van der Waals surface area contributed by atoms with Crippen molar-refractivity contribution in [3.63, 3.8) is 0 Å². The highest BCUT2D eigenvalue weighted by molar-refractivity contribution is 14.1. The number of aliphatic hydroxyl groups excluding tert-OH is 2. The van der Waals surface area contributed by atoms with Crippen molar-refractivity contribution >= 4 is 22.6 Å². The Labute approximate surface area is 105 Å². The van der Waals surface area contributed by atoms with Crippen molar-refractivity contribution in [1.29, 1.82) is 0 Å². The molecule has 0 aromatic carbocycles. The standard InChI is InChI=1S/C9H11IN2O4/c10-8(14)7-5(13)4-6(16-7)12-3-1-2-11-9(12)15/h1-3,5-8,13-14H,4H2/t5-,6?,7-,8?/m0/s1. The molecular weight excluding hydrogens is 327 g/mol. The zero-order valence-electron chi connectivity index (χ0n) is 8.23. The SMILES string of the molecule is O=c1ncccn1C1C[C@H](O)[C@@H](C(O)I)O1. The van der Waals surface area contributed by atoms with Crippen LogP contribution in [0.4, 0.5) is 0 Å². The fourth-order valence-electron chi connectivity index (χ4n) is 1.68. The Morgan fingerprint density at radius 1 is 1.69 bits per heavy atom. The molecule has 0 radical (unpaired) electrons. The molecule has 0 spiro atoms. The van der Waals surface area contributed by atoms with Crippen molar-refractivity contribution in [2.45, 2.75) is 29.0 Å². The first kappa shape index (κ1) is 12.0. The highest BCUT2D eigenvalue weighted by Gasteiger charge is 2.38. The van der Waals surface area contributed by atoms with E-state index in [-0.39, 0.29) is 6.42 Å². The molecule has 2 unspecified atom stereocenters. The highest BCUT2D eigenvalue weighted by Crippen LogP contribution is 2.30. The Hall–Kier alpha value is -0.510. The Morgan fingerprint density at radius 2 is 2.44 bits per heavy atom. The van der Waals surface area contributed by atoms with Crippen molar-refractivity contribution in [3.05, 3.63) is 28.9 Å². The number of nitrogens with zero attached hydrogens (tertiary/aromatic N) is 2. The van der Waals surface area contributed by atoms with E-state index in [0.717, 1.165) is 0 Å². The summed E-state index contributed by atoms with van der Waals surface area (Å²) in [6.45, 7) is 0. The minimum atomic E-state index is -0.801. The molecule has 0 bridgehead atoms. The van der Waals surface area contributed by atoms with Crippen LogP contribution < -0.4 is 5.69 Å². The molecule has 2 heterocycles. The molecule has 7 heteroatoms. The third kappa shape index (κ3) is 2.26. The maximum atomic E-state index is 11.4. The largest absolute Gasteiger partial charge is 0.390 e. The van der Waals surface area contributed by atoms with Gasteiger partial charge in [-0.1, -0.05) is 0 Å². The second kappa shape index (κ2) is 4.78. The number of halogens is 1. The van der Waals surface area contributed by atoms with Gasteiger partial charge in [-0.15, -0.1) is 0 Å². The van der Waals surface area contributed by atoms with Crippen molar-refractivity contribution in [2.24, 2.45) is 0 Å². The molecule has 1 fully saturated rings. The molecule has 0 amide bonds. The van der Waals surface area contributed by atoms with E-state index in [1.165, 1.54) is 10.8 Å². The lowest BCUT2D eigenvalue weighted by Gasteiger charge is -2.16. The first-order valence-electron chi connectivity index (χ1n) is 4.78. The summed E-state index contributed by atoms with van der Waals surface area (Å²) in [5.41, 5.74) is -0.428. The van der Waals surface area contributed by atoms with Crippen LogP contribution in [0.15, 0.2) is 23.3 Å². The summed E-state index contributed by atoms with van der Waals surface area (Å²) in [5.74, 6) is 0. The smallest absolute Gasteiger partial charge is 0.349 e. The van der Waals surface area contributed by atoms with Crippen LogP contribution in [0.5, 0.6) is 0 Å². The molecule has 0 aliphatic carbocycles. The number of alkyl halides is 1. The quantitative estimate of drug-likeness (QED) is 0.569. The Morgan fingerprint density at radius 3 is 3.00 bits per heavy atom. The fraction of sp³-hybridized carbons (Fsp3) is 0.556. The predicted molar refractivity (Wildman–Crippen MR) is 63.1 cm³/mol. The van der Waals surface area contributed by atoms with E-state index in [0.29, 0.717) is 0 Å². The van der Waals surface area contributed by atoms with Gasteiger partial charge in [0.05, 0.1) is 6.10 Å². The molecular formula is C9H11IN2O4. The summed E-state index contributed by atoms with van der Waals surface area (Å²) in [7, 11) is 0. The first-order valence-corrected chi connectivity index (χ1v) is 6.03. The number of hydrogen-bond donors (Lipinski definition) is 2. The second-order valence-corrected chi connectivity index (χ2v) is 4.82. The lowest BCUT2D eigenvalue weighted by Crippen LogP contribution is -2.30. The normalized spacial score (nSPS) is 31.6. The van der Waals surface area contributed by atoms with Crippen LogP contribution in [0, 0.1) is 0 Å². The van der Waals surface area contributed by atoms with E-state index in [2.05, 4.69) is 4.98 Å². The fourth-order valence-corrected chi connectivity index (χ4v) is 2.33. The topological polar surface area (TPSA) is 84.6 Å². The number of ether oxygens (including phenoxy) is 1. The van der Waals surface area contributed by atoms with Crippen LogP contribution in [-0.2, 0) is 4.74 Å². The van der Waals surface area contributed by atoms with E-state index in [1.807, 2.05) is 0 Å². The number of aromatic nitrogens is 2. The lowest BCUT2D eigenvalue weighted by molar-refractivity contribution is -0.0517. The molecule has 2 rings (SSSR count). The van der Waals surface area contributed by atoms with Gasteiger partial charge in [0.25, 0.3) is 0 Å². The average molecular weight is 338 g/mol. The van der Waals surface area contributed by atoms with Crippen LogP contribution >= 0.6 is 22.6 Å². The molecule has 1 saturated heterocycles. The van der Waals surface area contributed by atoms with Crippen LogP contribution in [0.3, 0.4) is 0 Å². The van der Waals surface area contributed by atoms with Gasteiger partial charge in [0.1, 0.15) is 16.4 Å². The van der Waals surface area contributed by atoms with E-state index < -0.39 is 28.2 Å². The maximum absolute atomic E-state index is 11.4. The summed E-state index contributed by atoms with van der Waals surface area (Å²) < 4.78 is 5.92. The number of hydrogen-bond acceptors (Lipinski definition) is 5. The molecule has 2 N–H and O–H groups in total. The minimum Gasteiger partial charge on any atom is -0.390 e. The molecule has 1 aliphatic heterocycles. The molecule has 88 valence electrons. The van der Waals surface area contributed by atoms with Crippen molar-refractivity contribution in [3.8, 4) is 0 Å². The number of aliphatic hydroxyl groups is 2. The molecule has 4 atom stereocenters. The van der Waals surface area contributed by atoms with Gasteiger partial charge in [0, 0.05) is 18.8 Å². The molecule has 1 aliphatic rings. The van der Waals surface area contributed by atoms with E-state index >= 15 is 0 Å². The monoisotopic (exact) mass is 338 g/mol. The van der Waals surface area contributed by atoms with Gasteiger partial charge in [-0.05, 0) is 28.7 Å². The van der Waals surface area contributed by atoms with Crippen LogP contribution in [0.1, 0.15) is 12.6 Å². The summed E-state index contributed by atoms with van der Waals surface area (Å²) in [6, 6.07) is 1.62. The summed E-state index contributed by atoms with van der Waals surface area (Å²) in [4.78, 5) is 15.0. The lowest BCUT2D eigenvalue weighted by atomic mass is 10.2. The van der Waals surface area contributed by atoms with Gasteiger partial charge in [-0.2, -0.15) is 0 Å². The zero-order chi connectivity index (χ0) is 11.7. The maximum Gasteiger partial charge on any atom is 0.349 e. The molecule has 0 saturated carbocycles. The Balaban J connectivity index is 2.20. The molecule has 1 aromatic rings. The third-order valence-electron chi connectivity index (χ3n) is 2.46. The third-order valence-corrected chi connectivity index (χ3v) is 3.17. The predicted octanol–water partition coefficient (Wildman–Crippen LogP) is -0.355. The zero-order valence-corrected chi connectivity index (χ0v) is 10.4. The van der Waals surface area contributed by atoms with Crippen LogP contribution in [0.2, 0.25) is 0 Å². The summed E-state index contributed by atoms with van der Waals surface area (Å²) >= 11 is 1.77. The molecule has 16 heavy (non-hydrogen) atoms. The minimum absolute atomic E-state index is 0.274. The van der Waals surface area contributed by atoms with Crippen molar-refractivity contribution in [1.82, 2.24) is 9.55 Å². The summed E-state index contributed by atoms with van der Waals surface area (Å²) in [5, 5.41) is 19.0. The van der Waals surface area contributed by atoms with Crippen molar-refractivity contribution < 1.29 is 14.9 Å². The van der Waals surface area contributed by atoms with Gasteiger partial charge in [-0.25, -0.2) is 9.78 Å². The van der Waals surface area contributed by atoms with Crippen molar-refractivity contribution in [2.75, 3.05) is 0 Å². The second-order valence-electron chi connectivity index (χ2n) is 3.54. The van der Waals surface area contributed by atoms with E-state index in [1.54, 1.807) is 34.9 Å². The molecule has 6 nitrogen and oxygen atoms in total. The van der Waals surface area contributed by atoms with E-state index in [4.69, 9.17) is 4.74 Å². The van der Waals surface area contributed by atoms with Gasteiger partial charge in [-0.3, -0.25) is 4.57 Å². The first-order chi connectivity index (χ1) is 7.59. The molecule has 1 aromatic heterocycles. The van der Waals surface area contributed by atoms with Gasteiger partial charge >= 0.3 is 5.69 Å². The Kier molecular flexibility index (Phi) is 3.57. The van der Waals surface area contributed by atoms with Gasteiger partial charge < -0.3 is 14.9 Å². The summed E-state index contributed by atoms with van der Waals surface area (Å²) in [6.07, 6.45) is 1.21. The average Bonchev–Trinajstić information content (AvgIpc) is 2.61. The highest BCUT2D eigenvalue weighted by atomic mass is 127. The van der Waals surface area contributed by atoms with Crippen LogP contribution in [-0.4, -0.2) is 36.1 Å². The van der Waals surface area contributed by atoms with Gasteiger partial charge in [0.15, 0.2) is 0 Å². The van der Waals surface area contributed by atoms with Gasteiger partial charge in [0.2, 0.25) is 0 Å². The number of rotatable bonds is 2. The Bertz CT molecular complexity index is 422.